The molecule has 0 saturated carbocycles. The molecule has 0 aromatic heterocycles. The smallest absolute Gasteiger partial charge is 0.240 e. The Hall–Kier alpha value is -1.44. The second kappa shape index (κ2) is 7.42. The van der Waals surface area contributed by atoms with Crippen molar-refractivity contribution in [3.8, 4) is 0 Å². The standard InChI is InChI=1S/C16H24N2O4S/c1-3-16(20)18-9-7-13-4-5-15(10-14(13)11-18)23(21,22)17-8-6-12(2)19/h4-5,10,12,17,19H,3,6-9,11H2,1-2H3. The predicted octanol–water partition coefficient (Wildman–Crippen LogP) is 1.03. The fourth-order valence-electron chi connectivity index (χ4n) is 2.62. The molecule has 23 heavy (non-hydrogen) atoms. The summed E-state index contributed by atoms with van der Waals surface area (Å²) >= 11 is 0. The summed E-state index contributed by atoms with van der Waals surface area (Å²) < 4.78 is 27.1. The number of nitrogens with zero attached hydrogens (tertiary/aromatic N) is 1. The minimum Gasteiger partial charge on any atom is -0.393 e. The Balaban J connectivity index is 2.15. The van der Waals surface area contributed by atoms with E-state index in [0.717, 1.165) is 17.5 Å². The highest BCUT2D eigenvalue weighted by atomic mass is 32.2. The maximum absolute atomic E-state index is 12.3. The van der Waals surface area contributed by atoms with Crippen molar-refractivity contribution < 1.29 is 18.3 Å². The Morgan fingerprint density at radius 3 is 2.78 bits per heavy atom. The van der Waals surface area contributed by atoms with Crippen molar-refractivity contribution in [1.29, 1.82) is 0 Å². The molecule has 0 saturated heterocycles. The molecular weight excluding hydrogens is 316 g/mol. The van der Waals surface area contributed by atoms with Gasteiger partial charge >= 0.3 is 0 Å². The summed E-state index contributed by atoms with van der Waals surface area (Å²) in [5, 5.41) is 9.21. The number of rotatable bonds is 6. The summed E-state index contributed by atoms with van der Waals surface area (Å²) in [6, 6.07) is 5.07. The Labute approximate surface area is 137 Å². The number of aliphatic hydroxyl groups is 1. The number of carbonyl (C=O) groups is 1. The Kier molecular flexibility index (Phi) is 5.78. The van der Waals surface area contributed by atoms with Gasteiger partial charge in [-0.15, -0.1) is 0 Å². The summed E-state index contributed by atoms with van der Waals surface area (Å²) in [5.41, 5.74) is 1.98. The average molecular weight is 340 g/mol. The Morgan fingerprint density at radius 1 is 1.39 bits per heavy atom. The first-order valence-electron chi connectivity index (χ1n) is 7.90. The van der Waals surface area contributed by atoms with Gasteiger partial charge in [-0.2, -0.15) is 0 Å². The van der Waals surface area contributed by atoms with Crippen LogP contribution in [-0.2, 0) is 27.8 Å². The molecule has 0 spiro atoms. The van der Waals surface area contributed by atoms with Crippen molar-refractivity contribution in [3.63, 3.8) is 0 Å². The third-order valence-corrected chi connectivity index (χ3v) is 5.47. The molecule has 7 heteroatoms. The average Bonchev–Trinajstić information content (AvgIpc) is 2.52. The molecule has 1 aliphatic rings. The molecule has 128 valence electrons. The fourth-order valence-corrected chi connectivity index (χ4v) is 3.72. The van der Waals surface area contributed by atoms with Crippen LogP contribution in [0.2, 0.25) is 0 Å². The highest BCUT2D eigenvalue weighted by Gasteiger charge is 2.22. The lowest BCUT2D eigenvalue weighted by Crippen LogP contribution is -2.35. The minimum atomic E-state index is -3.60. The maximum atomic E-state index is 12.3. The first-order valence-corrected chi connectivity index (χ1v) is 9.39. The summed E-state index contributed by atoms with van der Waals surface area (Å²) in [4.78, 5) is 13.8. The van der Waals surface area contributed by atoms with Gasteiger partial charge in [-0.05, 0) is 43.0 Å². The molecule has 2 rings (SSSR count). The van der Waals surface area contributed by atoms with Crippen molar-refractivity contribution in [2.24, 2.45) is 0 Å². The van der Waals surface area contributed by atoms with Crippen LogP contribution in [0.3, 0.4) is 0 Å². The van der Waals surface area contributed by atoms with E-state index in [1.165, 1.54) is 0 Å². The van der Waals surface area contributed by atoms with Crippen LogP contribution in [0, 0.1) is 0 Å². The van der Waals surface area contributed by atoms with Crippen LogP contribution in [0.1, 0.15) is 37.8 Å². The number of benzene rings is 1. The molecule has 1 atom stereocenters. The van der Waals surface area contributed by atoms with E-state index in [9.17, 15) is 18.3 Å². The van der Waals surface area contributed by atoms with Crippen LogP contribution < -0.4 is 4.72 Å². The predicted molar refractivity (Wildman–Crippen MR) is 87.3 cm³/mol. The van der Waals surface area contributed by atoms with Crippen LogP contribution in [0.15, 0.2) is 23.1 Å². The lowest BCUT2D eigenvalue weighted by Gasteiger charge is -2.29. The lowest BCUT2D eigenvalue weighted by molar-refractivity contribution is -0.131. The summed E-state index contributed by atoms with van der Waals surface area (Å²) in [6.45, 7) is 4.77. The van der Waals surface area contributed by atoms with Gasteiger partial charge in [0.25, 0.3) is 0 Å². The maximum Gasteiger partial charge on any atom is 0.240 e. The highest BCUT2D eigenvalue weighted by molar-refractivity contribution is 7.89. The topological polar surface area (TPSA) is 86.7 Å². The zero-order valence-electron chi connectivity index (χ0n) is 13.6. The first kappa shape index (κ1) is 17.9. The van der Waals surface area contributed by atoms with Crippen LogP contribution >= 0.6 is 0 Å². The van der Waals surface area contributed by atoms with Crippen LogP contribution in [0.4, 0.5) is 0 Å². The van der Waals surface area contributed by atoms with Crippen molar-refractivity contribution >= 4 is 15.9 Å². The van der Waals surface area contributed by atoms with E-state index in [1.807, 2.05) is 13.0 Å². The second-order valence-corrected chi connectivity index (χ2v) is 7.65. The second-order valence-electron chi connectivity index (χ2n) is 5.88. The minimum absolute atomic E-state index is 0.0824. The van der Waals surface area contributed by atoms with Gasteiger partial charge in [0.15, 0.2) is 0 Å². The summed E-state index contributed by atoms with van der Waals surface area (Å²) in [7, 11) is -3.60. The Morgan fingerprint density at radius 2 is 2.13 bits per heavy atom. The first-order chi connectivity index (χ1) is 10.8. The zero-order valence-corrected chi connectivity index (χ0v) is 14.4. The largest absolute Gasteiger partial charge is 0.393 e. The molecule has 0 radical (unpaired) electrons. The number of aliphatic hydroxyl groups excluding tert-OH is 1. The number of sulfonamides is 1. The van der Waals surface area contributed by atoms with Crippen molar-refractivity contribution in [2.75, 3.05) is 13.1 Å². The molecule has 2 N–H and O–H groups in total. The summed E-state index contributed by atoms with van der Waals surface area (Å²) in [6.07, 6.45) is 1.02. The van der Waals surface area contributed by atoms with Crippen LogP contribution in [0.25, 0.3) is 0 Å². The van der Waals surface area contributed by atoms with Gasteiger partial charge in [0.2, 0.25) is 15.9 Å². The third kappa shape index (κ3) is 4.53. The quantitative estimate of drug-likeness (QED) is 0.810. The van der Waals surface area contributed by atoms with E-state index in [4.69, 9.17) is 0 Å². The van der Waals surface area contributed by atoms with E-state index in [-0.39, 0.29) is 17.3 Å². The van der Waals surface area contributed by atoms with Crippen molar-refractivity contribution in [1.82, 2.24) is 9.62 Å². The van der Waals surface area contributed by atoms with Gasteiger partial charge in [-0.3, -0.25) is 4.79 Å². The number of hydrogen-bond acceptors (Lipinski definition) is 4. The molecule has 1 amide bonds. The monoisotopic (exact) mass is 340 g/mol. The van der Waals surface area contributed by atoms with Crippen LogP contribution in [-0.4, -0.2) is 43.5 Å². The van der Waals surface area contributed by atoms with Gasteiger partial charge < -0.3 is 10.0 Å². The third-order valence-electron chi connectivity index (χ3n) is 4.01. The molecule has 0 bridgehead atoms. The number of fused-ring (bicyclic) bond motifs is 1. The number of nitrogens with one attached hydrogen (secondary N) is 1. The molecule has 1 aromatic rings. The number of hydrogen-bond donors (Lipinski definition) is 2. The van der Waals surface area contributed by atoms with Gasteiger partial charge in [-0.1, -0.05) is 13.0 Å². The summed E-state index contributed by atoms with van der Waals surface area (Å²) in [5.74, 6) is 0.0824. The molecule has 6 nitrogen and oxygen atoms in total. The molecule has 1 aromatic carbocycles. The molecule has 0 aliphatic carbocycles. The van der Waals surface area contributed by atoms with Gasteiger partial charge in [-0.25, -0.2) is 13.1 Å². The zero-order chi connectivity index (χ0) is 17.0. The van der Waals surface area contributed by atoms with E-state index in [1.54, 1.807) is 24.0 Å². The van der Waals surface area contributed by atoms with Gasteiger partial charge in [0.05, 0.1) is 11.0 Å². The molecular formula is C16H24N2O4S. The van der Waals surface area contributed by atoms with Gasteiger partial charge in [0, 0.05) is 26.1 Å². The van der Waals surface area contributed by atoms with Crippen molar-refractivity contribution in [2.45, 2.75) is 50.7 Å². The highest BCUT2D eigenvalue weighted by Crippen LogP contribution is 2.23. The Bertz CT molecular complexity index is 671. The van der Waals surface area contributed by atoms with E-state index >= 15 is 0 Å². The molecule has 1 aliphatic heterocycles. The van der Waals surface area contributed by atoms with E-state index in [0.29, 0.717) is 25.9 Å². The van der Waals surface area contributed by atoms with Gasteiger partial charge in [0.1, 0.15) is 0 Å². The number of carbonyl (C=O) groups excluding carboxylic acids is 1. The molecule has 0 fully saturated rings. The SMILES string of the molecule is CCC(=O)N1CCc2ccc(S(=O)(=O)NCCC(C)O)cc2C1. The molecule has 1 unspecified atom stereocenters. The fraction of sp³-hybridized carbons (Fsp3) is 0.562. The number of amides is 1. The van der Waals surface area contributed by atoms with E-state index < -0.39 is 16.1 Å². The van der Waals surface area contributed by atoms with Crippen molar-refractivity contribution in [3.05, 3.63) is 29.3 Å². The molecule has 1 heterocycles. The normalized spacial score (nSPS) is 16.0. The van der Waals surface area contributed by atoms with Crippen LogP contribution in [0.5, 0.6) is 0 Å². The lowest BCUT2D eigenvalue weighted by atomic mass is 10.00. The van der Waals surface area contributed by atoms with E-state index in [2.05, 4.69) is 4.72 Å².